The highest BCUT2D eigenvalue weighted by molar-refractivity contribution is 7.90. The van der Waals surface area contributed by atoms with Gasteiger partial charge in [0.1, 0.15) is 0 Å². The van der Waals surface area contributed by atoms with Crippen LogP contribution in [0.25, 0.3) is 0 Å². The molecule has 1 aromatic carbocycles. The maximum Gasteiger partial charge on any atom is 0.253 e. The predicted octanol–water partition coefficient (Wildman–Crippen LogP) is 2.73. The van der Waals surface area contributed by atoms with Gasteiger partial charge >= 0.3 is 0 Å². The summed E-state index contributed by atoms with van der Waals surface area (Å²) in [6.45, 7) is -0.0939. The first-order valence-electron chi connectivity index (χ1n) is 5.47. The number of hydrogen-bond donors (Lipinski definition) is 1. The molecule has 0 aromatic heterocycles. The summed E-state index contributed by atoms with van der Waals surface area (Å²) in [5, 5.41) is -0.662. The smallest absolute Gasteiger partial charge is 0.253 e. The number of aliphatic imine (C=N–C) groups is 1. The van der Waals surface area contributed by atoms with Crippen molar-refractivity contribution in [2.45, 2.75) is 11.4 Å². The van der Waals surface area contributed by atoms with Crippen molar-refractivity contribution in [1.82, 2.24) is 0 Å². The molecule has 9 heteroatoms. The minimum atomic E-state index is -3.54. The molecule has 0 heterocycles. The largest absolute Gasteiger partial charge is 0.403 e. The fourth-order valence-corrected chi connectivity index (χ4v) is 3.09. The highest BCUT2D eigenvalue weighted by atomic mass is 35.5. The summed E-state index contributed by atoms with van der Waals surface area (Å²) in [5.41, 5.74) is 5.36. The lowest BCUT2D eigenvalue weighted by atomic mass is 10.1. The van der Waals surface area contributed by atoms with Crippen molar-refractivity contribution in [1.29, 1.82) is 0 Å². The first kappa shape index (κ1) is 18.0. The monoisotopic (exact) mass is 368 g/mol. The molecule has 0 radical (unpaired) electrons. The zero-order chi connectivity index (χ0) is 16.2. The van der Waals surface area contributed by atoms with E-state index in [4.69, 9.17) is 40.5 Å². The zero-order valence-electron chi connectivity index (χ0n) is 10.8. The normalized spacial score (nSPS) is 12.9. The van der Waals surface area contributed by atoms with E-state index in [1.807, 2.05) is 0 Å². The van der Waals surface area contributed by atoms with Gasteiger partial charge in [0.2, 0.25) is 0 Å². The molecule has 5 nitrogen and oxygen atoms in total. The quantitative estimate of drug-likeness (QED) is 0.638. The fraction of sp³-hybridized carbons (Fsp3) is 0.167. The molecule has 0 bridgehead atoms. The zero-order valence-corrected chi connectivity index (χ0v) is 13.9. The van der Waals surface area contributed by atoms with Gasteiger partial charge in [-0.05, 0) is 23.7 Å². The number of carbonyl (C=O) groups excluding carboxylic acids is 1. The summed E-state index contributed by atoms with van der Waals surface area (Å²) in [7, 11) is -3.54. The number of sulfone groups is 1. The third kappa shape index (κ3) is 4.71. The van der Waals surface area contributed by atoms with Gasteiger partial charge < -0.3 is 5.73 Å². The molecule has 0 atom stereocenters. The summed E-state index contributed by atoms with van der Waals surface area (Å²) < 4.78 is 23.5. The maximum absolute atomic E-state index is 11.8. The number of halogens is 3. The Labute approximate surface area is 137 Å². The van der Waals surface area contributed by atoms with Crippen molar-refractivity contribution >= 4 is 56.1 Å². The second kappa shape index (κ2) is 7.26. The molecule has 0 saturated heterocycles. The summed E-state index contributed by atoms with van der Waals surface area (Å²) in [6.07, 6.45) is 3.41. The van der Waals surface area contributed by atoms with E-state index in [1.54, 1.807) is 0 Å². The Balaban J connectivity index is 3.40. The van der Waals surface area contributed by atoms with E-state index in [2.05, 4.69) is 4.99 Å². The minimum Gasteiger partial charge on any atom is -0.403 e. The van der Waals surface area contributed by atoms with Crippen LogP contribution in [0.5, 0.6) is 0 Å². The first-order valence-corrected chi connectivity index (χ1v) is 8.49. The van der Waals surface area contributed by atoms with Crippen LogP contribution in [0.4, 0.5) is 0 Å². The topological polar surface area (TPSA) is 89.6 Å². The van der Waals surface area contributed by atoms with Crippen LogP contribution in [0.1, 0.15) is 15.9 Å². The van der Waals surface area contributed by atoms with Crippen LogP contribution in [0.3, 0.4) is 0 Å². The van der Waals surface area contributed by atoms with Crippen LogP contribution in [-0.4, -0.2) is 26.1 Å². The van der Waals surface area contributed by atoms with Gasteiger partial charge in [-0.15, -0.1) is 0 Å². The molecule has 114 valence electrons. The van der Waals surface area contributed by atoms with Crippen molar-refractivity contribution in [3.05, 3.63) is 39.5 Å². The summed E-state index contributed by atoms with van der Waals surface area (Å²) in [4.78, 5) is 15.2. The number of hydrogen-bond acceptors (Lipinski definition) is 5. The average Bonchev–Trinajstić information content (AvgIpc) is 2.38. The molecule has 2 N–H and O–H groups in total. The fourth-order valence-electron chi connectivity index (χ4n) is 1.52. The molecule has 0 aliphatic rings. The standard InChI is InChI=1S/C12H11Cl3N2O3S/c1-21(19,20)10-3-2-8(12(15)18)11(14)9(10)6-17-5-7(13)4-16/h2-5H,6,16H2,1H3. The molecule has 0 saturated carbocycles. The molecule has 0 aliphatic heterocycles. The molecular weight excluding hydrogens is 359 g/mol. The van der Waals surface area contributed by atoms with E-state index in [0.717, 1.165) is 12.5 Å². The molecule has 0 spiro atoms. The summed E-state index contributed by atoms with van der Waals surface area (Å²) in [5.74, 6) is 0. The van der Waals surface area contributed by atoms with Crippen molar-refractivity contribution in [3.8, 4) is 0 Å². The van der Waals surface area contributed by atoms with Crippen LogP contribution in [0.15, 0.2) is 33.3 Å². The van der Waals surface area contributed by atoms with Crippen molar-refractivity contribution in [3.63, 3.8) is 0 Å². The molecular formula is C12H11Cl3N2O3S. The Morgan fingerprint density at radius 1 is 1.38 bits per heavy atom. The number of benzene rings is 1. The number of carbonyl (C=O) groups is 1. The summed E-state index contributed by atoms with van der Waals surface area (Å²) >= 11 is 17.1. The molecule has 0 unspecified atom stereocenters. The molecule has 0 aliphatic carbocycles. The SMILES string of the molecule is CS(=O)(=O)c1ccc(C(=O)Cl)c(Cl)c1CN=CC(Cl)=CN. The molecule has 0 fully saturated rings. The van der Waals surface area contributed by atoms with E-state index in [1.165, 1.54) is 18.3 Å². The number of nitrogens with two attached hydrogens (primary N) is 1. The highest BCUT2D eigenvalue weighted by Gasteiger charge is 2.20. The lowest BCUT2D eigenvalue weighted by Gasteiger charge is -2.10. The molecule has 1 aromatic rings. The predicted molar refractivity (Wildman–Crippen MR) is 85.1 cm³/mol. The van der Waals surface area contributed by atoms with Crippen molar-refractivity contribution in [2.24, 2.45) is 10.7 Å². The van der Waals surface area contributed by atoms with Gasteiger partial charge in [0.15, 0.2) is 9.84 Å². The number of rotatable bonds is 5. The average molecular weight is 370 g/mol. The van der Waals surface area contributed by atoms with Crippen molar-refractivity contribution < 1.29 is 13.2 Å². The van der Waals surface area contributed by atoms with Gasteiger partial charge in [-0.3, -0.25) is 9.79 Å². The van der Waals surface area contributed by atoms with E-state index in [0.29, 0.717) is 0 Å². The molecule has 0 amide bonds. The van der Waals surface area contributed by atoms with Crippen molar-refractivity contribution in [2.75, 3.05) is 6.26 Å². The second-order valence-corrected chi connectivity index (χ2v) is 7.11. The third-order valence-electron chi connectivity index (χ3n) is 2.43. The van der Waals surface area contributed by atoms with Gasteiger partial charge in [0, 0.05) is 24.2 Å². The van der Waals surface area contributed by atoms with Crippen LogP contribution >= 0.6 is 34.8 Å². The highest BCUT2D eigenvalue weighted by Crippen LogP contribution is 2.29. The van der Waals surface area contributed by atoms with E-state index in [-0.39, 0.29) is 32.6 Å². The van der Waals surface area contributed by atoms with Gasteiger partial charge in [-0.1, -0.05) is 23.2 Å². The number of nitrogens with zero attached hydrogens (tertiary/aromatic N) is 1. The first-order chi connectivity index (χ1) is 9.68. The minimum absolute atomic E-state index is 0.0106. The lowest BCUT2D eigenvalue weighted by Crippen LogP contribution is -2.06. The van der Waals surface area contributed by atoms with Gasteiger partial charge in [-0.2, -0.15) is 0 Å². The van der Waals surface area contributed by atoms with Gasteiger partial charge in [0.25, 0.3) is 5.24 Å². The summed E-state index contributed by atoms with van der Waals surface area (Å²) in [6, 6.07) is 2.52. The Bertz CT molecular complexity index is 728. The van der Waals surface area contributed by atoms with Crippen LogP contribution in [0.2, 0.25) is 5.02 Å². The Kier molecular flexibility index (Phi) is 6.22. The van der Waals surface area contributed by atoms with Crippen LogP contribution < -0.4 is 5.73 Å². The molecule has 1 rings (SSSR count). The van der Waals surface area contributed by atoms with Crippen LogP contribution in [0, 0.1) is 0 Å². The number of allylic oxidation sites excluding steroid dienone is 1. The Hall–Kier alpha value is -1.08. The maximum atomic E-state index is 11.8. The third-order valence-corrected chi connectivity index (χ3v) is 4.48. The van der Waals surface area contributed by atoms with Gasteiger partial charge in [0.05, 0.1) is 27.1 Å². The molecule has 21 heavy (non-hydrogen) atoms. The van der Waals surface area contributed by atoms with E-state index >= 15 is 0 Å². The van der Waals surface area contributed by atoms with Gasteiger partial charge in [-0.25, -0.2) is 8.42 Å². The lowest BCUT2D eigenvalue weighted by molar-refractivity contribution is 0.108. The van der Waals surface area contributed by atoms with E-state index < -0.39 is 15.1 Å². The second-order valence-electron chi connectivity index (χ2n) is 3.97. The Morgan fingerprint density at radius 2 is 2.00 bits per heavy atom. The van der Waals surface area contributed by atoms with Crippen LogP contribution in [-0.2, 0) is 16.4 Å². The van der Waals surface area contributed by atoms with E-state index in [9.17, 15) is 13.2 Å². The Morgan fingerprint density at radius 3 is 2.48 bits per heavy atom.